The van der Waals surface area contributed by atoms with E-state index < -0.39 is 0 Å². The first-order chi connectivity index (χ1) is 8.33. The molecular formula is C14H18N2O. The number of carbonyl (C=O) groups excluding carboxylic acids is 1. The van der Waals surface area contributed by atoms with E-state index in [9.17, 15) is 4.79 Å². The summed E-state index contributed by atoms with van der Waals surface area (Å²) in [6.07, 6.45) is 3.07. The highest BCUT2D eigenvalue weighted by Crippen LogP contribution is 2.22. The van der Waals surface area contributed by atoms with Gasteiger partial charge in [0.1, 0.15) is 0 Å². The van der Waals surface area contributed by atoms with Crippen molar-refractivity contribution in [3.05, 3.63) is 42.5 Å². The molecule has 3 nitrogen and oxygen atoms in total. The third kappa shape index (κ3) is 2.74. The van der Waals surface area contributed by atoms with Crippen LogP contribution >= 0.6 is 0 Å². The average Bonchev–Trinajstić information content (AvgIpc) is 2.58. The Morgan fingerprint density at radius 2 is 2.29 bits per heavy atom. The van der Waals surface area contributed by atoms with Gasteiger partial charge in [-0.25, -0.2) is 0 Å². The van der Waals surface area contributed by atoms with Gasteiger partial charge in [0.05, 0.1) is 0 Å². The van der Waals surface area contributed by atoms with E-state index in [1.54, 1.807) is 6.08 Å². The number of nitrogens with one attached hydrogen (secondary N) is 1. The number of benzene rings is 1. The smallest absolute Gasteiger partial charge is 0.227 e. The second-order valence-electron chi connectivity index (χ2n) is 4.18. The maximum absolute atomic E-state index is 12.1. The van der Waals surface area contributed by atoms with Crippen molar-refractivity contribution in [2.24, 2.45) is 0 Å². The highest BCUT2D eigenvalue weighted by molar-refractivity contribution is 5.94. The summed E-state index contributed by atoms with van der Waals surface area (Å²) in [5.41, 5.74) is 2.24. The second-order valence-corrected chi connectivity index (χ2v) is 4.18. The molecule has 0 saturated carbocycles. The highest BCUT2D eigenvalue weighted by Gasteiger charge is 2.19. The molecule has 1 N–H and O–H groups in total. The molecule has 0 spiro atoms. The summed E-state index contributed by atoms with van der Waals surface area (Å²) in [7, 11) is 0. The van der Waals surface area contributed by atoms with E-state index in [0.717, 1.165) is 31.7 Å². The number of hydrogen-bond donors (Lipinski definition) is 1. The van der Waals surface area contributed by atoms with Crippen LogP contribution in [0.2, 0.25) is 0 Å². The normalized spacial score (nSPS) is 14.9. The molecule has 1 aromatic rings. The molecule has 1 amide bonds. The molecule has 0 aliphatic carbocycles. The van der Waals surface area contributed by atoms with Crippen molar-refractivity contribution in [2.45, 2.75) is 19.4 Å². The number of fused-ring (bicyclic) bond motifs is 1. The Morgan fingerprint density at radius 3 is 3.12 bits per heavy atom. The summed E-state index contributed by atoms with van der Waals surface area (Å²) in [5.74, 6) is 0.182. The van der Waals surface area contributed by atoms with Crippen molar-refractivity contribution in [1.29, 1.82) is 0 Å². The second kappa shape index (κ2) is 5.64. The van der Waals surface area contributed by atoms with Crippen molar-refractivity contribution in [1.82, 2.24) is 5.32 Å². The first kappa shape index (κ1) is 11.9. The lowest BCUT2D eigenvalue weighted by Gasteiger charge is -2.22. The number of anilines is 1. The average molecular weight is 230 g/mol. The summed E-state index contributed by atoms with van der Waals surface area (Å²) in [6, 6.07) is 8.09. The van der Waals surface area contributed by atoms with Crippen LogP contribution in [0.25, 0.3) is 0 Å². The van der Waals surface area contributed by atoms with Gasteiger partial charge in [0, 0.05) is 31.7 Å². The lowest BCUT2D eigenvalue weighted by molar-refractivity contribution is -0.118. The number of para-hydroxylation sites is 1. The molecule has 1 heterocycles. The lowest BCUT2D eigenvalue weighted by atomic mass is 10.1. The number of hydrogen-bond acceptors (Lipinski definition) is 2. The van der Waals surface area contributed by atoms with E-state index in [2.05, 4.69) is 18.0 Å². The molecule has 0 aromatic heterocycles. The first-order valence-electron chi connectivity index (χ1n) is 6.03. The maximum Gasteiger partial charge on any atom is 0.227 e. The molecule has 1 aromatic carbocycles. The number of amides is 1. The minimum absolute atomic E-state index is 0.182. The number of carbonyl (C=O) groups is 1. The predicted octanol–water partition coefficient (Wildman–Crippen LogP) is 2.09. The molecule has 0 atom stereocenters. The van der Waals surface area contributed by atoms with E-state index in [-0.39, 0.29) is 5.91 Å². The van der Waals surface area contributed by atoms with Gasteiger partial charge in [-0.1, -0.05) is 24.3 Å². The molecule has 90 valence electrons. The van der Waals surface area contributed by atoms with E-state index >= 15 is 0 Å². The van der Waals surface area contributed by atoms with Crippen molar-refractivity contribution >= 4 is 11.6 Å². The van der Waals surface area contributed by atoms with Crippen molar-refractivity contribution < 1.29 is 4.79 Å². The zero-order chi connectivity index (χ0) is 12.1. The standard InChI is InChI=1S/C14H18N2O/c1-2-3-8-14(17)16-10-9-15-11-12-6-4-5-7-13(12)16/h2,4-7,15H,1,3,8-11H2. The predicted molar refractivity (Wildman–Crippen MR) is 69.9 cm³/mol. The highest BCUT2D eigenvalue weighted by atomic mass is 16.2. The molecule has 1 aliphatic heterocycles. The summed E-state index contributed by atoms with van der Waals surface area (Å²) in [4.78, 5) is 14.0. The van der Waals surface area contributed by atoms with Gasteiger partial charge in [-0.2, -0.15) is 0 Å². The Labute approximate surface area is 102 Å². The summed E-state index contributed by atoms with van der Waals surface area (Å²) in [6.45, 7) is 6.08. The van der Waals surface area contributed by atoms with Crippen LogP contribution in [0.5, 0.6) is 0 Å². The quantitative estimate of drug-likeness (QED) is 0.806. The Bertz CT molecular complexity index is 414. The number of nitrogens with zero attached hydrogens (tertiary/aromatic N) is 1. The van der Waals surface area contributed by atoms with Crippen molar-refractivity contribution in [3.63, 3.8) is 0 Å². The molecule has 0 bridgehead atoms. The molecule has 1 aliphatic rings. The van der Waals surface area contributed by atoms with Crippen LogP contribution in [-0.4, -0.2) is 19.0 Å². The van der Waals surface area contributed by atoms with E-state index in [4.69, 9.17) is 0 Å². The number of allylic oxidation sites excluding steroid dienone is 1. The Hall–Kier alpha value is -1.61. The third-order valence-electron chi connectivity index (χ3n) is 2.97. The largest absolute Gasteiger partial charge is 0.311 e. The van der Waals surface area contributed by atoms with Crippen LogP contribution < -0.4 is 10.2 Å². The minimum atomic E-state index is 0.182. The summed E-state index contributed by atoms with van der Waals surface area (Å²) in [5, 5.41) is 3.33. The van der Waals surface area contributed by atoms with Crippen LogP contribution in [-0.2, 0) is 11.3 Å². The van der Waals surface area contributed by atoms with Gasteiger partial charge in [0.15, 0.2) is 0 Å². The van der Waals surface area contributed by atoms with Crippen LogP contribution in [0.15, 0.2) is 36.9 Å². The molecule has 2 rings (SSSR count). The Morgan fingerprint density at radius 1 is 1.47 bits per heavy atom. The lowest BCUT2D eigenvalue weighted by Crippen LogP contribution is -2.34. The van der Waals surface area contributed by atoms with Crippen LogP contribution in [0.4, 0.5) is 5.69 Å². The van der Waals surface area contributed by atoms with Gasteiger partial charge in [0.2, 0.25) is 5.91 Å². The molecule has 0 fully saturated rings. The SMILES string of the molecule is C=CCCC(=O)N1CCNCc2ccccc21. The van der Waals surface area contributed by atoms with E-state index in [1.165, 1.54) is 5.56 Å². The fourth-order valence-electron chi connectivity index (χ4n) is 2.08. The Kier molecular flexibility index (Phi) is 3.94. The summed E-state index contributed by atoms with van der Waals surface area (Å²) >= 11 is 0. The topological polar surface area (TPSA) is 32.3 Å². The first-order valence-corrected chi connectivity index (χ1v) is 6.03. The van der Waals surface area contributed by atoms with Gasteiger partial charge in [-0.3, -0.25) is 4.79 Å². The van der Waals surface area contributed by atoms with Crippen LogP contribution in [0.3, 0.4) is 0 Å². The molecule has 0 unspecified atom stereocenters. The van der Waals surface area contributed by atoms with Gasteiger partial charge in [0.25, 0.3) is 0 Å². The molecule has 0 radical (unpaired) electrons. The summed E-state index contributed by atoms with van der Waals surface area (Å²) < 4.78 is 0. The Balaban J connectivity index is 2.22. The van der Waals surface area contributed by atoms with Crippen LogP contribution in [0, 0.1) is 0 Å². The van der Waals surface area contributed by atoms with Crippen LogP contribution in [0.1, 0.15) is 18.4 Å². The van der Waals surface area contributed by atoms with Gasteiger partial charge >= 0.3 is 0 Å². The minimum Gasteiger partial charge on any atom is -0.311 e. The van der Waals surface area contributed by atoms with Crippen molar-refractivity contribution in [3.8, 4) is 0 Å². The maximum atomic E-state index is 12.1. The van der Waals surface area contributed by atoms with Gasteiger partial charge < -0.3 is 10.2 Å². The van der Waals surface area contributed by atoms with E-state index in [0.29, 0.717) is 6.42 Å². The molecular weight excluding hydrogens is 212 g/mol. The van der Waals surface area contributed by atoms with Gasteiger partial charge in [-0.15, -0.1) is 6.58 Å². The number of rotatable bonds is 3. The molecule has 0 saturated heterocycles. The zero-order valence-electron chi connectivity index (χ0n) is 9.98. The van der Waals surface area contributed by atoms with Crippen molar-refractivity contribution in [2.75, 3.05) is 18.0 Å². The third-order valence-corrected chi connectivity index (χ3v) is 2.97. The fourth-order valence-corrected chi connectivity index (χ4v) is 2.08. The zero-order valence-corrected chi connectivity index (χ0v) is 9.98. The monoisotopic (exact) mass is 230 g/mol. The molecule has 17 heavy (non-hydrogen) atoms. The van der Waals surface area contributed by atoms with Gasteiger partial charge in [-0.05, 0) is 18.1 Å². The molecule has 3 heteroatoms. The van der Waals surface area contributed by atoms with E-state index in [1.807, 2.05) is 23.1 Å². The fraction of sp³-hybridized carbons (Fsp3) is 0.357.